The van der Waals surface area contributed by atoms with E-state index >= 15 is 0 Å². The Morgan fingerprint density at radius 1 is 1.35 bits per heavy atom. The minimum Gasteiger partial charge on any atom is -0.352 e. The second-order valence-electron chi connectivity index (χ2n) is 6.07. The van der Waals surface area contributed by atoms with Crippen LogP contribution in [0.25, 0.3) is 6.08 Å². The average molecular weight is 334 g/mol. The fraction of sp³-hybridized carbons (Fsp3) is 0.562. The third kappa shape index (κ3) is 4.87. The smallest absolute Gasteiger partial charge is 0.246 e. The summed E-state index contributed by atoms with van der Waals surface area (Å²) in [5, 5.41) is 5.93. The van der Waals surface area contributed by atoms with E-state index in [1.54, 1.807) is 23.5 Å². The van der Waals surface area contributed by atoms with Crippen molar-refractivity contribution >= 4 is 29.2 Å². The summed E-state index contributed by atoms with van der Waals surface area (Å²) in [6, 6.07) is 0.407. The molecule has 2 aliphatic rings. The Morgan fingerprint density at radius 2 is 2.09 bits per heavy atom. The Bertz CT molecular complexity index is 601. The molecule has 6 nitrogen and oxygen atoms in total. The standard InChI is InChI=1S/C16H22N4O2S/c1-12-17-14(11-23-12)4-5-16(22)20-8-6-19(7-9-20)10-15(21)18-13-2-3-13/h4-5,11,13H,2-3,6-10H2,1H3,(H,18,21)/b5-4+. The van der Waals surface area contributed by atoms with Crippen molar-refractivity contribution in [3.05, 3.63) is 22.2 Å². The molecule has 2 heterocycles. The Labute approximate surface area is 140 Å². The van der Waals surface area contributed by atoms with Crippen molar-refractivity contribution in [2.75, 3.05) is 32.7 Å². The summed E-state index contributed by atoms with van der Waals surface area (Å²) >= 11 is 1.57. The minimum absolute atomic E-state index is 0.0118. The summed E-state index contributed by atoms with van der Waals surface area (Å²) in [6.45, 7) is 5.20. The number of hydrogen-bond acceptors (Lipinski definition) is 5. The van der Waals surface area contributed by atoms with Gasteiger partial charge in [0.15, 0.2) is 0 Å². The third-order valence-corrected chi connectivity index (χ3v) is 4.82. The quantitative estimate of drug-likeness (QED) is 0.812. The van der Waals surface area contributed by atoms with Gasteiger partial charge in [-0.3, -0.25) is 14.5 Å². The molecule has 2 fully saturated rings. The second-order valence-corrected chi connectivity index (χ2v) is 7.13. The summed E-state index contributed by atoms with van der Waals surface area (Å²) in [6.07, 6.45) is 5.57. The van der Waals surface area contributed by atoms with E-state index in [-0.39, 0.29) is 11.8 Å². The third-order valence-electron chi connectivity index (χ3n) is 4.03. The first-order valence-electron chi connectivity index (χ1n) is 8.01. The van der Waals surface area contributed by atoms with Crippen LogP contribution >= 0.6 is 11.3 Å². The zero-order chi connectivity index (χ0) is 16.2. The van der Waals surface area contributed by atoms with Crippen LogP contribution in [0.15, 0.2) is 11.5 Å². The van der Waals surface area contributed by atoms with Gasteiger partial charge >= 0.3 is 0 Å². The van der Waals surface area contributed by atoms with Crippen LogP contribution in [0.5, 0.6) is 0 Å². The van der Waals surface area contributed by atoms with Gasteiger partial charge in [0.1, 0.15) is 0 Å². The van der Waals surface area contributed by atoms with Crippen molar-refractivity contribution in [1.29, 1.82) is 0 Å². The van der Waals surface area contributed by atoms with Gasteiger partial charge in [-0.25, -0.2) is 4.98 Å². The van der Waals surface area contributed by atoms with Crippen LogP contribution < -0.4 is 5.32 Å². The van der Waals surface area contributed by atoms with Gasteiger partial charge in [-0.2, -0.15) is 0 Å². The maximum Gasteiger partial charge on any atom is 0.246 e. The largest absolute Gasteiger partial charge is 0.352 e. The van der Waals surface area contributed by atoms with Crippen molar-refractivity contribution < 1.29 is 9.59 Å². The first-order chi connectivity index (χ1) is 11.1. The minimum atomic E-state index is 0.0118. The van der Waals surface area contributed by atoms with Crippen molar-refractivity contribution in [2.45, 2.75) is 25.8 Å². The summed E-state index contributed by atoms with van der Waals surface area (Å²) in [7, 11) is 0. The number of nitrogens with zero attached hydrogens (tertiary/aromatic N) is 3. The molecule has 23 heavy (non-hydrogen) atoms. The normalized spacial score (nSPS) is 19.3. The van der Waals surface area contributed by atoms with Crippen LogP contribution in [-0.2, 0) is 9.59 Å². The molecule has 2 amide bonds. The van der Waals surface area contributed by atoms with Gasteiger partial charge in [0.2, 0.25) is 11.8 Å². The first-order valence-corrected chi connectivity index (χ1v) is 8.89. The van der Waals surface area contributed by atoms with E-state index in [1.807, 2.05) is 17.2 Å². The average Bonchev–Trinajstić information content (AvgIpc) is 3.24. The lowest BCUT2D eigenvalue weighted by molar-refractivity contribution is -0.128. The number of aryl methyl sites for hydroxylation is 1. The van der Waals surface area contributed by atoms with Gasteiger partial charge in [-0.1, -0.05) is 0 Å². The molecule has 0 radical (unpaired) electrons. The molecule has 0 spiro atoms. The lowest BCUT2D eigenvalue weighted by Gasteiger charge is -2.33. The molecular formula is C16H22N4O2S. The van der Waals surface area contributed by atoms with E-state index in [2.05, 4.69) is 15.2 Å². The van der Waals surface area contributed by atoms with Crippen LogP contribution in [-0.4, -0.2) is 65.4 Å². The van der Waals surface area contributed by atoms with Crippen molar-refractivity contribution in [2.24, 2.45) is 0 Å². The van der Waals surface area contributed by atoms with Crippen molar-refractivity contribution in [3.63, 3.8) is 0 Å². The van der Waals surface area contributed by atoms with Crippen LogP contribution in [0.1, 0.15) is 23.5 Å². The van der Waals surface area contributed by atoms with E-state index < -0.39 is 0 Å². The number of carbonyl (C=O) groups is 2. The van der Waals surface area contributed by atoms with Gasteiger partial charge < -0.3 is 10.2 Å². The van der Waals surface area contributed by atoms with Crippen molar-refractivity contribution in [1.82, 2.24) is 20.1 Å². The molecule has 0 unspecified atom stereocenters. The molecule has 3 rings (SSSR count). The summed E-state index contributed by atoms with van der Waals surface area (Å²) in [5.41, 5.74) is 0.830. The number of hydrogen-bond donors (Lipinski definition) is 1. The highest BCUT2D eigenvalue weighted by atomic mass is 32.1. The van der Waals surface area contributed by atoms with Gasteiger partial charge in [0, 0.05) is 43.7 Å². The molecule has 7 heteroatoms. The van der Waals surface area contributed by atoms with Gasteiger partial charge in [-0.15, -0.1) is 11.3 Å². The van der Waals surface area contributed by atoms with Crippen LogP contribution in [0.4, 0.5) is 0 Å². The highest BCUT2D eigenvalue weighted by molar-refractivity contribution is 7.09. The Morgan fingerprint density at radius 3 is 2.70 bits per heavy atom. The number of aromatic nitrogens is 1. The fourth-order valence-corrected chi connectivity index (χ4v) is 3.13. The molecule has 0 bridgehead atoms. The number of piperazine rings is 1. The second kappa shape index (κ2) is 7.23. The molecule has 0 aromatic carbocycles. The number of rotatable bonds is 5. The summed E-state index contributed by atoms with van der Waals surface area (Å²) in [4.78, 5) is 32.2. The predicted octanol–water partition coefficient (Wildman–Crippen LogP) is 0.888. The number of carbonyl (C=O) groups excluding carboxylic acids is 2. The number of amides is 2. The zero-order valence-electron chi connectivity index (χ0n) is 13.3. The first kappa shape index (κ1) is 16.1. The lowest BCUT2D eigenvalue weighted by atomic mass is 10.3. The zero-order valence-corrected chi connectivity index (χ0v) is 14.1. The molecule has 124 valence electrons. The van der Waals surface area contributed by atoms with E-state index in [0.29, 0.717) is 25.7 Å². The monoisotopic (exact) mass is 334 g/mol. The van der Waals surface area contributed by atoms with Gasteiger partial charge in [0.25, 0.3) is 0 Å². The number of thiazole rings is 1. The number of nitrogens with one attached hydrogen (secondary N) is 1. The fourth-order valence-electron chi connectivity index (χ4n) is 2.55. The highest BCUT2D eigenvalue weighted by Gasteiger charge is 2.25. The maximum atomic E-state index is 12.2. The van der Waals surface area contributed by atoms with E-state index in [1.165, 1.54) is 0 Å². The van der Waals surface area contributed by atoms with E-state index in [4.69, 9.17) is 0 Å². The molecule has 1 N–H and O–H groups in total. The maximum absolute atomic E-state index is 12.2. The molecule has 1 aliphatic heterocycles. The van der Waals surface area contributed by atoms with Gasteiger partial charge in [0.05, 0.1) is 17.2 Å². The Balaban J connectivity index is 1.41. The SMILES string of the molecule is Cc1nc(/C=C/C(=O)N2CCN(CC(=O)NC3CC3)CC2)cs1. The van der Waals surface area contributed by atoms with Crippen LogP contribution in [0, 0.1) is 6.92 Å². The molecule has 1 aliphatic carbocycles. The highest BCUT2D eigenvalue weighted by Crippen LogP contribution is 2.18. The van der Waals surface area contributed by atoms with Crippen molar-refractivity contribution in [3.8, 4) is 0 Å². The Hall–Kier alpha value is -1.73. The van der Waals surface area contributed by atoms with E-state index in [0.717, 1.165) is 36.6 Å². The summed E-state index contributed by atoms with van der Waals surface area (Å²) < 4.78 is 0. The Kier molecular flexibility index (Phi) is 5.07. The topological polar surface area (TPSA) is 65.5 Å². The van der Waals surface area contributed by atoms with Crippen LogP contribution in [0.3, 0.4) is 0 Å². The van der Waals surface area contributed by atoms with Crippen LogP contribution in [0.2, 0.25) is 0 Å². The summed E-state index contributed by atoms with van der Waals surface area (Å²) in [5.74, 6) is 0.115. The molecular weight excluding hydrogens is 312 g/mol. The lowest BCUT2D eigenvalue weighted by Crippen LogP contribution is -2.51. The van der Waals surface area contributed by atoms with Gasteiger partial charge in [-0.05, 0) is 25.8 Å². The molecule has 1 aromatic heterocycles. The molecule has 1 aromatic rings. The van der Waals surface area contributed by atoms with E-state index in [9.17, 15) is 9.59 Å². The predicted molar refractivity (Wildman–Crippen MR) is 90.1 cm³/mol. The molecule has 1 saturated carbocycles. The molecule has 1 saturated heterocycles. The molecule has 0 atom stereocenters.